The summed E-state index contributed by atoms with van der Waals surface area (Å²) in [5, 5.41) is 6.09. The Balaban J connectivity index is 1.82. The van der Waals surface area contributed by atoms with Crippen LogP contribution >= 0.6 is 22.9 Å². The lowest BCUT2D eigenvalue weighted by Gasteiger charge is -2.06. The molecule has 3 aromatic rings. The minimum Gasteiger partial charge on any atom is -0.273 e. The van der Waals surface area contributed by atoms with Crippen LogP contribution in [-0.2, 0) is 22.7 Å². The lowest BCUT2D eigenvalue weighted by atomic mass is 10.2. The molecule has 2 aromatic heterocycles. The smallest absolute Gasteiger partial charge is 0.273 e. The highest BCUT2D eigenvalue weighted by atomic mass is 35.5. The van der Waals surface area contributed by atoms with Crippen molar-refractivity contribution in [2.24, 2.45) is 0 Å². The van der Waals surface area contributed by atoms with Crippen LogP contribution < -0.4 is 4.72 Å². The second-order valence-corrected chi connectivity index (χ2v) is 9.07. The number of benzene rings is 1. The summed E-state index contributed by atoms with van der Waals surface area (Å²) in [4.78, 5) is 0.782. The fraction of sp³-hybridized carbons (Fsp3) is 0.188. The van der Waals surface area contributed by atoms with E-state index in [1.165, 1.54) is 6.07 Å². The molecule has 0 unspecified atom stereocenters. The summed E-state index contributed by atoms with van der Waals surface area (Å²) in [6, 6.07) is 8.85. The Morgan fingerprint density at radius 1 is 1.22 bits per heavy atom. The number of H-pyrrole nitrogens is 1. The molecular weight excluding hydrogens is 423 g/mol. The van der Waals surface area contributed by atoms with Crippen LogP contribution in [0.4, 0.5) is 13.2 Å². The molecule has 0 spiro atoms. The van der Waals surface area contributed by atoms with Crippen molar-refractivity contribution in [1.82, 2.24) is 14.9 Å². The molecule has 0 amide bonds. The highest BCUT2D eigenvalue weighted by Gasteiger charge is 2.33. The van der Waals surface area contributed by atoms with Crippen molar-refractivity contribution in [3.05, 3.63) is 57.6 Å². The van der Waals surface area contributed by atoms with Gasteiger partial charge in [-0.3, -0.25) is 5.10 Å². The van der Waals surface area contributed by atoms with E-state index in [2.05, 4.69) is 9.82 Å². The predicted octanol–water partition coefficient (Wildman–Crippen LogP) is 4.60. The van der Waals surface area contributed by atoms with E-state index in [0.29, 0.717) is 14.8 Å². The first-order valence-corrected chi connectivity index (χ1v) is 10.2. The first-order valence-electron chi connectivity index (χ1n) is 7.54. The molecule has 0 bridgehead atoms. The van der Waals surface area contributed by atoms with E-state index in [9.17, 15) is 21.6 Å². The summed E-state index contributed by atoms with van der Waals surface area (Å²) in [5.41, 5.74) is -0.235. The fourth-order valence-corrected chi connectivity index (χ4v) is 5.00. The van der Waals surface area contributed by atoms with Crippen LogP contribution in [0.5, 0.6) is 0 Å². The zero-order chi connectivity index (χ0) is 19.8. The van der Waals surface area contributed by atoms with E-state index >= 15 is 0 Å². The topological polar surface area (TPSA) is 74.8 Å². The lowest BCUT2D eigenvalue weighted by Crippen LogP contribution is -2.23. The molecule has 0 radical (unpaired) electrons. The second kappa shape index (κ2) is 7.27. The largest absolute Gasteiger partial charge is 0.432 e. The lowest BCUT2D eigenvalue weighted by molar-refractivity contribution is -0.141. The molecular formula is C16H13ClF3N3O2S2. The van der Waals surface area contributed by atoms with Gasteiger partial charge < -0.3 is 0 Å². The number of rotatable bonds is 5. The van der Waals surface area contributed by atoms with Gasteiger partial charge in [-0.25, -0.2) is 13.1 Å². The van der Waals surface area contributed by atoms with Crippen molar-refractivity contribution >= 4 is 33.0 Å². The van der Waals surface area contributed by atoms with Crippen LogP contribution in [0.1, 0.15) is 16.1 Å². The van der Waals surface area contributed by atoms with Gasteiger partial charge in [-0.05, 0) is 36.8 Å². The van der Waals surface area contributed by atoms with E-state index in [4.69, 9.17) is 11.6 Å². The van der Waals surface area contributed by atoms with Crippen molar-refractivity contribution in [2.45, 2.75) is 24.5 Å². The van der Waals surface area contributed by atoms with E-state index in [1.54, 1.807) is 31.2 Å². The van der Waals surface area contributed by atoms with Gasteiger partial charge >= 0.3 is 6.18 Å². The summed E-state index contributed by atoms with van der Waals surface area (Å²) in [6.45, 7) is 1.65. The molecule has 11 heteroatoms. The SMILES string of the molecule is Cc1sc(-c2cc(C(F)(F)F)[nH]n2)cc1S(=O)(=O)NCc1ccc(Cl)cc1. The molecule has 0 saturated carbocycles. The standard InChI is InChI=1S/C16H13ClF3N3O2S2/c1-9-14(27(24,25)21-8-10-2-4-11(17)5-3-10)7-13(26-9)12-6-15(23-22-12)16(18,19)20/h2-7,21H,8H2,1H3,(H,22,23). The van der Waals surface area contributed by atoms with Gasteiger partial charge in [0.05, 0.1) is 9.77 Å². The molecule has 0 saturated heterocycles. The molecule has 2 heterocycles. The molecule has 3 rings (SSSR count). The van der Waals surface area contributed by atoms with Gasteiger partial charge in [0.2, 0.25) is 10.0 Å². The number of thiophene rings is 1. The van der Waals surface area contributed by atoms with Crippen molar-refractivity contribution < 1.29 is 21.6 Å². The molecule has 2 N–H and O–H groups in total. The third kappa shape index (κ3) is 4.52. The number of aromatic amines is 1. The van der Waals surface area contributed by atoms with Crippen molar-refractivity contribution in [3.8, 4) is 10.6 Å². The van der Waals surface area contributed by atoms with E-state index in [0.717, 1.165) is 23.0 Å². The summed E-state index contributed by atoms with van der Waals surface area (Å²) in [7, 11) is -3.84. The van der Waals surface area contributed by atoms with Crippen molar-refractivity contribution in [3.63, 3.8) is 0 Å². The molecule has 0 fully saturated rings. The number of hydrogen-bond donors (Lipinski definition) is 2. The van der Waals surface area contributed by atoms with Crippen LogP contribution in [0, 0.1) is 6.92 Å². The Kier molecular flexibility index (Phi) is 5.35. The monoisotopic (exact) mass is 435 g/mol. The molecule has 5 nitrogen and oxygen atoms in total. The van der Waals surface area contributed by atoms with Gasteiger partial charge in [0, 0.05) is 16.4 Å². The number of nitrogens with zero attached hydrogens (tertiary/aromatic N) is 1. The Morgan fingerprint density at radius 3 is 2.48 bits per heavy atom. The molecule has 0 aliphatic rings. The zero-order valence-electron chi connectivity index (χ0n) is 13.8. The zero-order valence-corrected chi connectivity index (χ0v) is 16.2. The minimum absolute atomic E-state index is 0.00743. The van der Waals surface area contributed by atoms with Gasteiger partial charge in [-0.2, -0.15) is 18.3 Å². The maximum absolute atomic E-state index is 12.7. The van der Waals surface area contributed by atoms with Crippen LogP contribution in [0.2, 0.25) is 5.02 Å². The Labute approximate surface area is 162 Å². The first kappa shape index (κ1) is 19.9. The Morgan fingerprint density at radius 2 is 1.89 bits per heavy atom. The third-order valence-electron chi connectivity index (χ3n) is 3.68. The van der Waals surface area contributed by atoms with E-state index in [1.807, 2.05) is 5.10 Å². The molecule has 0 atom stereocenters. The summed E-state index contributed by atoms with van der Waals surface area (Å²) < 4.78 is 65.7. The van der Waals surface area contributed by atoms with Gasteiger partial charge in [0.15, 0.2) is 0 Å². The second-order valence-electron chi connectivity index (χ2n) is 5.65. The summed E-state index contributed by atoms with van der Waals surface area (Å²) in [6.07, 6.45) is -4.55. The fourth-order valence-electron chi connectivity index (χ4n) is 2.31. The van der Waals surface area contributed by atoms with Gasteiger partial charge in [0.25, 0.3) is 0 Å². The van der Waals surface area contributed by atoms with Crippen LogP contribution in [0.3, 0.4) is 0 Å². The van der Waals surface area contributed by atoms with Gasteiger partial charge in [-0.1, -0.05) is 23.7 Å². The van der Waals surface area contributed by atoms with Crippen LogP contribution in [0.15, 0.2) is 41.3 Å². The van der Waals surface area contributed by atoms with Gasteiger partial charge in [-0.15, -0.1) is 11.3 Å². The number of hydrogen-bond acceptors (Lipinski definition) is 4. The highest BCUT2D eigenvalue weighted by Crippen LogP contribution is 2.35. The normalized spacial score (nSPS) is 12.5. The average molecular weight is 436 g/mol. The summed E-state index contributed by atoms with van der Waals surface area (Å²) in [5.74, 6) is 0. The number of aryl methyl sites for hydroxylation is 1. The molecule has 1 aromatic carbocycles. The molecule has 0 aliphatic heterocycles. The number of halogens is 4. The highest BCUT2D eigenvalue weighted by molar-refractivity contribution is 7.89. The van der Waals surface area contributed by atoms with Crippen molar-refractivity contribution in [1.29, 1.82) is 0 Å². The average Bonchev–Trinajstić information content (AvgIpc) is 3.21. The van der Waals surface area contributed by atoms with Crippen molar-refractivity contribution in [2.75, 3.05) is 0 Å². The minimum atomic E-state index is -4.55. The predicted molar refractivity (Wildman–Crippen MR) is 97.1 cm³/mol. The maximum atomic E-state index is 12.7. The quantitative estimate of drug-likeness (QED) is 0.615. The molecule has 27 heavy (non-hydrogen) atoms. The Hall–Kier alpha value is -1.88. The summed E-state index contributed by atoms with van der Waals surface area (Å²) >= 11 is 6.85. The molecule has 144 valence electrons. The first-order chi connectivity index (χ1) is 12.6. The molecule has 0 aliphatic carbocycles. The number of alkyl halides is 3. The Bertz CT molecular complexity index is 1060. The van der Waals surface area contributed by atoms with E-state index < -0.39 is 21.9 Å². The van der Waals surface area contributed by atoms with E-state index in [-0.39, 0.29) is 17.1 Å². The van der Waals surface area contributed by atoms with Gasteiger partial charge in [0.1, 0.15) is 11.4 Å². The maximum Gasteiger partial charge on any atom is 0.432 e. The van der Waals surface area contributed by atoms with Crippen LogP contribution in [0.25, 0.3) is 10.6 Å². The number of sulfonamides is 1. The number of aromatic nitrogens is 2. The number of nitrogens with one attached hydrogen (secondary N) is 2. The van der Waals surface area contributed by atoms with Crippen LogP contribution in [-0.4, -0.2) is 18.6 Å². The third-order valence-corrected chi connectivity index (χ3v) is 6.66.